The molecule has 1 heterocycles. The molecule has 0 fully saturated rings. The molecule has 36 heavy (non-hydrogen) atoms. The van der Waals surface area contributed by atoms with Crippen LogP contribution in [0.3, 0.4) is 0 Å². The second-order valence-corrected chi connectivity index (χ2v) is 10.8. The van der Waals surface area contributed by atoms with E-state index in [9.17, 15) is 26.4 Å². The minimum absolute atomic E-state index is 0.182. The van der Waals surface area contributed by atoms with Crippen molar-refractivity contribution in [3.8, 4) is 16.8 Å². The first kappa shape index (κ1) is 25.7. The molecule has 0 radical (unpaired) electrons. The first-order valence-corrected chi connectivity index (χ1v) is 13.1. The maximum absolute atomic E-state index is 12.6. The van der Waals surface area contributed by atoms with E-state index in [0.717, 1.165) is 11.8 Å². The molecule has 0 saturated heterocycles. The third-order valence-corrected chi connectivity index (χ3v) is 7.00. The predicted molar refractivity (Wildman–Crippen MR) is 132 cm³/mol. The molecular weight excluding hydrogens is 515 g/mol. The van der Waals surface area contributed by atoms with Gasteiger partial charge in [-0.1, -0.05) is 42.5 Å². The van der Waals surface area contributed by atoms with Gasteiger partial charge < -0.3 is 5.32 Å². The summed E-state index contributed by atoms with van der Waals surface area (Å²) in [6.45, 7) is -1.47. The van der Waals surface area contributed by atoms with Crippen molar-refractivity contribution in [2.24, 2.45) is 0 Å². The molecule has 1 aromatic heterocycles. The van der Waals surface area contributed by atoms with Gasteiger partial charge in [0.25, 0.3) is 5.91 Å². The van der Waals surface area contributed by atoms with E-state index in [2.05, 4.69) is 4.98 Å². The van der Waals surface area contributed by atoms with Crippen LogP contribution >= 0.6 is 11.6 Å². The monoisotopic (exact) mass is 535 g/mol. The summed E-state index contributed by atoms with van der Waals surface area (Å²) in [7, 11) is -3.37. The number of sulfone groups is 1. The number of alkyl halides is 4. The number of aromatic nitrogens is 2. The lowest BCUT2D eigenvalue weighted by Gasteiger charge is -2.17. The Kier molecular flexibility index (Phi) is 7.10. The van der Waals surface area contributed by atoms with Crippen LogP contribution in [0, 0.1) is 0 Å². The van der Waals surface area contributed by atoms with Gasteiger partial charge in [0.05, 0.1) is 10.3 Å². The van der Waals surface area contributed by atoms with Crippen molar-refractivity contribution in [2.75, 3.05) is 12.8 Å². The molecule has 4 rings (SSSR count). The summed E-state index contributed by atoms with van der Waals surface area (Å²) < 4.78 is 63.2. The van der Waals surface area contributed by atoms with Crippen LogP contribution in [0.25, 0.3) is 22.4 Å². The largest absolute Gasteiger partial charge is 0.405 e. The van der Waals surface area contributed by atoms with Crippen LogP contribution in [0.1, 0.15) is 22.7 Å². The van der Waals surface area contributed by atoms with Gasteiger partial charge >= 0.3 is 6.18 Å². The van der Waals surface area contributed by atoms with Gasteiger partial charge in [-0.3, -0.25) is 9.36 Å². The number of hydrogen-bond acceptors (Lipinski definition) is 4. The van der Waals surface area contributed by atoms with Gasteiger partial charge in [0.15, 0.2) is 9.84 Å². The number of halogens is 4. The molecule has 188 valence electrons. The Labute approximate surface area is 211 Å². The van der Waals surface area contributed by atoms with Crippen molar-refractivity contribution < 1.29 is 26.4 Å². The number of allylic oxidation sites excluding steroid dienone is 4. The molecule has 1 aliphatic carbocycles. The zero-order chi connectivity index (χ0) is 26.1. The van der Waals surface area contributed by atoms with E-state index in [0.29, 0.717) is 29.1 Å². The van der Waals surface area contributed by atoms with E-state index in [-0.39, 0.29) is 10.6 Å². The third-order valence-electron chi connectivity index (χ3n) is 5.48. The van der Waals surface area contributed by atoms with Gasteiger partial charge in [-0.15, -0.1) is 11.6 Å². The van der Waals surface area contributed by atoms with Crippen molar-refractivity contribution in [1.29, 1.82) is 0 Å². The minimum Gasteiger partial charge on any atom is -0.342 e. The number of carbonyl (C=O) groups is 1. The van der Waals surface area contributed by atoms with Gasteiger partial charge in [-0.05, 0) is 41.8 Å². The Balaban J connectivity index is 1.72. The predicted octanol–water partition coefficient (Wildman–Crippen LogP) is 5.19. The highest BCUT2D eigenvalue weighted by Crippen LogP contribution is 2.31. The smallest absolute Gasteiger partial charge is 0.342 e. The van der Waals surface area contributed by atoms with E-state index < -0.39 is 33.8 Å². The third kappa shape index (κ3) is 5.88. The van der Waals surface area contributed by atoms with E-state index in [1.54, 1.807) is 59.2 Å². The molecule has 1 unspecified atom stereocenters. The van der Waals surface area contributed by atoms with Gasteiger partial charge in [-0.2, -0.15) is 13.2 Å². The minimum atomic E-state index is -4.55. The molecule has 3 aromatic rings. The van der Waals surface area contributed by atoms with Crippen LogP contribution in [-0.2, 0) is 9.84 Å². The van der Waals surface area contributed by atoms with Crippen molar-refractivity contribution in [2.45, 2.75) is 22.9 Å². The Bertz CT molecular complexity index is 1460. The lowest BCUT2D eigenvalue weighted by molar-refractivity contribution is -0.123. The summed E-state index contributed by atoms with van der Waals surface area (Å²) in [5, 5.41) is 1.41. The first-order chi connectivity index (χ1) is 16.9. The number of imidazole rings is 1. The SMILES string of the molecule is CS(=O)(=O)c1cccc(-c2ccc(-n3cc(C(=O)NCC(F)(F)F)nc3C3=CC=CCC3Cl)cc2)c1. The molecular formula is C25H21ClF3N3O3S. The summed E-state index contributed by atoms with van der Waals surface area (Å²) in [4.78, 5) is 16.9. The van der Waals surface area contributed by atoms with Crippen molar-refractivity contribution in [3.05, 3.63) is 84.5 Å². The topological polar surface area (TPSA) is 81.1 Å². The molecule has 1 atom stereocenters. The second-order valence-electron chi connectivity index (χ2n) is 8.22. The van der Waals surface area contributed by atoms with Crippen LogP contribution in [0.15, 0.2) is 77.9 Å². The number of nitrogens with one attached hydrogen (secondary N) is 1. The van der Waals surface area contributed by atoms with Crippen LogP contribution in [0.5, 0.6) is 0 Å². The van der Waals surface area contributed by atoms with Gasteiger partial charge in [-0.25, -0.2) is 13.4 Å². The molecule has 11 heteroatoms. The molecule has 1 amide bonds. The molecule has 0 aliphatic heterocycles. The number of amides is 1. The summed E-state index contributed by atoms with van der Waals surface area (Å²) in [5.74, 6) is -0.622. The molecule has 1 N–H and O–H groups in total. The molecule has 2 aromatic carbocycles. The van der Waals surface area contributed by atoms with Crippen LogP contribution in [0.4, 0.5) is 13.2 Å². The number of nitrogens with zero attached hydrogens (tertiary/aromatic N) is 2. The lowest BCUT2D eigenvalue weighted by atomic mass is 10.0. The van der Waals surface area contributed by atoms with Crippen LogP contribution < -0.4 is 5.32 Å². The molecule has 0 spiro atoms. The maximum Gasteiger partial charge on any atom is 0.405 e. The van der Waals surface area contributed by atoms with E-state index in [1.165, 1.54) is 12.3 Å². The second kappa shape index (κ2) is 9.94. The van der Waals surface area contributed by atoms with E-state index >= 15 is 0 Å². The fourth-order valence-electron chi connectivity index (χ4n) is 3.70. The summed E-state index contributed by atoms with van der Waals surface area (Å²) in [5.41, 5.74) is 2.49. The lowest BCUT2D eigenvalue weighted by Crippen LogP contribution is -2.33. The fourth-order valence-corrected chi connectivity index (χ4v) is 4.64. The van der Waals surface area contributed by atoms with Crippen molar-refractivity contribution in [1.82, 2.24) is 14.9 Å². The Morgan fingerprint density at radius 3 is 2.53 bits per heavy atom. The number of benzene rings is 2. The van der Waals surface area contributed by atoms with Crippen molar-refractivity contribution in [3.63, 3.8) is 0 Å². The highest BCUT2D eigenvalue weighted by Gasteiger charge is 2.29. The standard InChI is InChI=1S/C25H21ClF3N3O3S/c1-36(34,35)19-6-4-5-17(13-19)16-9-11-18(12-10-16)32-14-22(24(33)30-15-25(27,28)29)31-23(32)20-7-2-3-8-21(20)26/h2-7,9-14,21H,8,15H2,1H3,(H,30,33). The van der Waals surface area contributed by atoms with Gasteiger partial charge in [0.1, 0.15) is 18.1 Å². The van der Waals surface area contributed by atoms with Crippen LogP contribution in [-0.4, -0.2) is 48.2 Å². The Morgan fingerprint density at radius 2 is 1.89 bits per heavy atom. The average Bonchev–Trinajstić information content (AvgIpc) is 3.27. The van der Waals surface area contributed by atoms with E-state index in [4.69, 9.17) is 11.6 Å². The normalized spacial score (nSPS) is 16.0. The number of carbonyl (C=O) groups excluding carboxylic acids is 1. The molecule has 0 bridgehead atoms. The molecule has 6 nitrogen and oxygen atoms in total. The zero-order valence-electron chi connectivity index (χ0n) is 19.0. The van der Waals surface area contributed by atoms with Gasteiger partial charge in [0.2, 0.25) is 0 Å². The van der Waals surface area contributed by atoms with Gasteiger partial charge in [0, 0.05) is 23.7 Å². The van der Waals surface area contributed by atoms with Crippen molar-refractivity contribution >= 4 is 32.9 Å². The quantitative estimate of drug-likeness (QED) is 0.441. The molecule has 1 aliphatic rings. The fraction of sp³-hybridized carbons (Fsp3) is 0.200. The zero-order valence-corrected chi connectivity index (χ0v) is 20.5. The molecule has 0 saturated carbocycles. The Morgan fingerprint density at radius 1 is 1.17 bits per heavy atom. The number of hydrogen-bond donors (Lipinski definition) is 1. The van der Waals surface area contributed by atoms with Crippen LogP contribution in [0.2, 0.25) is 0 Å². The Hall–Kier alpha value is -3.37. The summed E-state index contributed by atoms with van der Waals surface area (Å²) >= 11 is 6.47. The number of rotatable bonds is 6. The highest BCUT2D eigenvalue weighted by molar-refractivity contribution is 7.90. The average molecular weight is 536 g/mol. The maximum atomic E-state index is 12.6. The van der Waals surface area contributed by atoms with E-state index in [1.807, 2.05) is 11.4 Å². The first-order valence-electron chi connectivity index (χ1n) is 10.8. The summed E-state index contributed by atoms with van der Waals surface area (Å²) in [6, 6.07) is 13.6. The highest BCUT2D eigenvalue weighted by atomic mass is 35.5. The summed E-state index contributed by atoms with van der Waals surface area (Å²) in [6.07, 6.45) is 3.91.